The third-order valence-electron chi connectivity index (χ3n) is 3.52. The molecule has 2 aromatic heterocycles. The van der Waals surface area contributed by atoms with Crippen molar-refractivity contribution in [1.29, 1.82) is 0 Å². The van der Waals surface area contributed by atoms with E-state index in [0.717, 1.165) is 23.0 Å². The van der Waals surface area contributed by atoms with Crippen molar-refractivity contribution in [3.8, 4) is 5.88 Å². The second-order valence-corrected chi connectivity index (χ2v) is 5.54. The Labute approximate surface area is 140 Å². The van der Waals surface area contributed by atoms with Crippen molar-refractivity contribution in [2.24, 2.45) is 0 Å². The van der Waals surface area contributed by atoms with Crippen LogP contribution >= 0.6 is 0 Å². The molecule has 0 amide bonds. The van der Waals surface area contributed by atoms with E-state index in [1.165, 1.54) is 14.2 Å². The van der Waals surface area contributed by atoms with E-state index in [-0.39, 0.29) is 23.2 Å². The third kappa shape index (κ3) is 3.45. The number of hydrogen-bond donors (Lipinski definition) is 1. The summed E-state index contributed by atoms with van der Waals surface area (Å²) in [5, 5.41) is 3.09. The van der Waals surface area contributed by atoms with Gasteiger partial charge >= 0.3 is 5.97 Å². The second kappa shape index (κ2) is 7.25. The summed E-state index contributed by atoms with van der Waals surface area (Å²) in [7, 11) is 2.53. The summed E-state index contributed by atoms with van der Waals surface area (Å²) in [5.41, 5.74) is 2.44. The van der Waals surface area contributed by atoms with Gasteiger partial charge < -0.3 is 14.8 Å². The van der Waals surface area contributed by atoms with Crippen molar-refractivity contribution >= 4 is 17.5 Å². The number of aryl methyl sites for hydroxylation is 1. The molecule has 0 radical (unpaired) electrons. The summed E-state index contributed by atoms with van der Waals surface area (Å²) < 4.78 is 23.5. The first-order valence-corrected chi connectivity index (χ1v) is 7.44. The Hall–Kier alpha value is -2.70. The highest BCUT2D eigenvalue weighted by Gasteiger charge is 2.21. The van der Waals surface area contributed by atoms with Gasteiger partial charge in [0.15, 0.2) is 5.82 Å². The van der Waals surface area contributed by atoms with Gasteiger partial charge in [-0.2, -0.15) is 4.98 Å². The van der Waals surface area contributed by atoms with Gasteiger partial charge in [0.05, 0.1) is 25.6 Å². The maximum atomic E-state index is 13.9. The fourth-order valence-electron chi connectivity index (χ4n) is 2.27. The summed E-state index contributed by atoms with van der Waals surface area (Å²) in [6.45, 7) is 5.92. The van der Waals surface area contributed by atoms with Crippen LogP contribution in [0, 0.1) is 12.7 Å². The molecule has 24 heavy (non-hydrogen) atoms. The highest BCUT2D eigenvalue weighted by atomic mass is 19.1. The molecule has 6 nitrogen and oxygen atoms in total. The van der Waals surface area contributed by atoms with Gasteiger partial charge in [-0.1, -0.05) is 13.8 Å². The largest absolute Gasteiger partial charge is 0.479 e. The van der Waals surface area contributed by atoms with Crippen LogP contribution in [0.25, 0.3) is 0 Å². The van der Waals surface area contributed by atoms with Gasteiger partial charge in [-0.25, -0.2) is 9.18 Å². The molecule has 0 aliphatic heterocycles. The molecule has 0 atom stereocenters. The average Bonchev–Trinajstić information content (AvgIpc) is 2.56. The van der Waals surface area contributed by atoms with Crippen LogP contribution in [0.2, 0.25) is 0 Å². The first kappa shape index (κ1) is 17.7. The lowest BCUT2D eigenvalue weighted by Gasteiger charge is -2.17. The van der Waals surface area contributed by atoms with E-state index in [9.17, 15) is 9.18 Å². The SMILES string of the molecule is COC(=O)c1cc(F)c(OC)nc1Nc1c(C)ccnc1C(C)C. The fraction of sp³-hybridized carbons (Fsp3) is 0.353. The Bertz CT molecular complexity index is 763. The number of nitrogens with zero attached hydrogens (tertiary/aromatic N) is 2. The van der Waals surface area contributed by atoms with Gasteiger partial charge in [0.2, 0.25) is 0 Å². The topological polar surface area (TPSA) is 73.3 Å². The normalized spacial score (nSPS) is 10.6. The number of anilines is 2. The summed E-state index contributed by atoms with van der Waals surface area (Å²) in [5.74, 6) is -1.35. The van der Waals surface area contributed by atoms with E-state index in [0.29, 0.717) is 0 Å². The number of halogens is 1. The molecule has 2 rings (SSSR count). The summed E-state index contributed by atoms with van der Waals surface area (Å²) in [6.07, 6.45) is 1.72. The van der Waals surface area contributed by atoms with Gasteiger partial charge in [-0.05, 0) is 30.5 Å². The number of carbonyl (C=O) groups is 1. The van der Waals surface area contributed by atoms with Crippen molar-refractivity contribution in [1.82, 2.24) is 9.97 Å². The third-order valence-corrected chi connectivity index (χ3v) is 3.52. The van der Waals surface area contributed by atoms with E-state index < -0.39 is 11.8 Å². The van der Waals surface area contributed by atoms with Gasteiger partial charge in [0.25, 0.3) is 5.88 Å². The maximum absolute atomic E-state index is 13.9. The average molecular weight is 333 g/mol. The molecule has 0 aromatic carbocycles. The number of ether oxygens (including phenoxy) is 2. The lowest BCUT2D eigenvalue weighted by atomic mass is 10.0. The molecule has 2 aromatic rings. The monoisotopic (exact) mass is 333 g/mol. The highest BCUT2D eigenvalue weighted by molar-refractivity contribution is 5.95. The summed E-state index contributed by atoms with van der Waals surface area (Å²) >= 11 is 0. The van der Waals surface area contributed by atoms with Crippen LogP contribution in [0.5, 0.6) is 5.88 Å². The van der Waals surface area contributed by atoms with Crippen LogP contribution in [0.15, 0.2) is 18.3 Å². The van der Waals surface area contributed by atoms with Crippen LogP contribution in [-0.4, -0.2) is 30.2 Å². The summed E-state index contributed by atoms with van der Waals surface area (Å²) in [4.78, 5) is 20.4. The molecule has 0 aliphatic carbocycles. The molecule has 1 N–H and O–H groups in total. The molecule has 0 unspecified atom stereocenters. The van der Waals surface area contributed by atoms with E-state index in [1.807, 2.05) is 26.8 Å². The second-order valence-electron chi connectivity index (χ2n) is 5.54. The first-order chi connectivity index (χ1) is 11.4. The Morgan fingerprint density at radius 3 is 2.62 bits per heavy atom. The van der Waals surface area contributed by atoms with Crippen LogP contribution in [0.4, 0.5) is 15.9 Å². The van der Waals surface area contributed by atoms with Crippen LogP contribution in [-0.2, 0) is 4.74 Å². The van der Waals surface area contributed by atoms with Gasteiger partial charge in [-0.15, -0.1) is 0 Å². The van der Waals surface area contributed by atoms with Crippen molar-refractivity contribution < 1.29 is 18.7 Å². The van der Waals surface area contributed by atoms with E-state index >= 15 is 0 Å². The number of pyridine rings is 2. The standard InChI is InChI=1S/C17H20FN3O3/c1-9(2)13-14(10(3)6-7-19-13)20-15-11(17(22)24-5)8-12(18)16(21-15)23-4/h6-9H,1-5H3,(H,20,21). The number of esters is 1. The van der Waals surface area contributed by atoms with Crippen LogP contribution < -0.4 is 10.1 Å². The lowest BCUT2D eigenvalue weighted by molar-refractivity contribution is 0.0601. The number of carbonyl (C=O) groups excluding carboxylic acids is 1. The molecule has 0 bridgehead atoms. The number of rotatable bonds is 5. The zero-order chi connectivity index (χ0) is 17.9. The quantitative estimate of drug-likeness (QED) is 0.843. The number of hydrogen-bond acceptors (Lipinski definition) is 6. The van der Waals surface area contributed by atoms with E-state index in [2.05, 4.69) is 15.3 Å². The van der Waals surface area contributed by atoms with Crippen LogP contribution in [0.3, 0.4) is 0 Å². The molecule has 7 heteroatoms. The minimum atomic E-state index is -0.740. The summed E-state index contributed by atoms with van der Waals surface area (Å²) in [6, 6.07) is 2.88. The Kier molecular flexibility index (Phi) is 5.33. The zero-order valence-electron chi connectivity index (χ0n) is 14.3. The number of methoxy groups -OCH3 is 2. The maximum Gasteiger partial charge on any atom is 0.341 e. The van der Waals surface area contributed by atoms with Gasteiger partial charge in [0.1, 0.15) is 11.4 Å². The Balaban J connectivity index is 2.59. The predicted octanol–water partition coefficient (Wildman–Crippen LogP) is 3.59. The predicted molar refractivity (Wildman–Crippen MR) is 88.4 cm³/mol. The van der Waals surface area contributed by atoms with Crippen molar-refractivity contribution in [3.63, 3.8) is 0 Å². The van der Waals surface area contributed by atoms with E-state index in [4.69, 9.17) is 9.47 Å². The molecular formula is C17H20FN3O3. The minimum absolute atomic E-state index is 0.0197. The molecule has 0 fully saturated rings. The highest BCUT2D eigenvalue weighted by Crippen LogP contribution is 2.31. The molecule has 0 saturated carbocycles. The number of nitrogens with one attached hydrogen (secondary N) is 1. The van der Waals surface area contributed by atoms with Crippen molar-refractivity contribution in [2.75, 3.05) is 19.5 Å². The van der Waals surface area contributed by atoms with Crippen LogP contribution in [0.1, 0.15) is 41.4 Å². The molecule has 128 valence electrons. The Morgan fingerprint density at radius 2 is 2.04 bits per heavy atom. The molecule has 0 spiro atoms. The fourth-order valence-corrected chi connectivity index (χ4v) is 2.27. The van der Waals surface area contributed by atoms with Gasteiger partial charge in [-0.3, -0.25) is 4.98 Å². The molecule has 0 aliphatic rings. The lowest BCUT2D eigenvalue weighted by Crippen LogP contribution is -2.11. The smallest absolute Gasteiger partial charge is 0.341 e. The molecule has 2 heterocycles. The Morgan fingerprint density at radius 1 is 1.33 bits per heavy atom. The van der Waals surface area contributed by atoms with Crippen molar-refractivity contribution in [3.05, 3.63) is 41.0 Å². The van der Waals surface area contributed by atoms with E-state index in [1.54, 1.807) is 6.20 Å². The first-order valence-electron chi connectivity index (χ1n) is 7.44. The minimum Gasteiger partial charge on any atom is -0.479 e. The number of aromatic nitrogens is 2. The van der Waals surface area contributed by atoms with Gasteiger partial charge in [0, 0.05) is 6.20 Å². The molecular weight excluding hydrogens is 313 g/mol. The molecule has 0 saturated heterocycles. The zero-order valence-corrected chi connectivity index (χ0v) is 14.3. The van der Waals surface area contributed by atoms with Crippen molar-refractivity contribution in [2.45, 2.75) is 26.7 Å².